The third-order valence-corrected chi connectivity index (χ3v) is 4.53. The van der Waals surface area contributed by atoms with Crippen molar-refractivity contribution in [3.8, 4) is 0 Å². The zero-order valence-electron chi connectivity index (χ0n) is 13.8. The van der Waals surface area contributed by atoms with Crippen molar-refractivity contribution in [3.05, 3.63) is 45.5 Å². The van der Waals surface area contributed by atoms with Gasteiger partial charge in [-0.05, 0) is 17.0 Å². The summed E-state index contributed by atoms with van der Waals surface area (Å²) in [6.45, 7) is 4.84. The average Bonchev–Trinajstić information content (AvgIpc) is 2.87. The summed E-state index contributed by atoms with van der Waals surface area (Å²) in [5, 5.41) is 25.6. The number of nitro groups is 1. The molecule has 4 atom stereocenters. The van der Waals surface area contributed by atoms with Crippen LogP contribution in [0.5, 0.6) is 0 Å². The van der Waals surface area contributed by atoms with Crippen molar-refractivity contribution in [3.63, 3.8) is 0 Å². The molecule has 4 unspecified atom stereocenters. The first kappa shape index (κ1) is 19.2. The lowest BCUT2D eigenvalue weighted by Crippen LogP contribution is -2.50. The lowest BCUT2D eigenvalue weighted by molar-refractivity contribution is -0.536. The van der Waals surface area contributed by atoms with Gasteiger partial charge in [0.25, 0.3) is 0 Å². The fraction of sp³-hybridized carbons (Fsp3) is 0.562. The molecule has 1 saturated heterocycles. The quantitative estimate of drug-likeness (QED) is 0.656. The minimum Gasteiger partial charge on any atom is -0.548 e. The zero-order chi connectivity index (χ0) is 19.2. The molecule has 1 aromatic rings. The summed E-state index contributed by atoms with van der Waals surface area (Å²) in [5.74, 6) is -2.61. The van der Waals surface area contributed by atoms with Gasteiger partial charge in [-0.3, -0.25) is 15.4 Å². The third kappa shape index (κ3) is 3.60. The van der Waals surface area contributed by atoms with E-state index >= 15 is 0 Å². The smallest absolute Gasteiger partial charge is 0.416 e. The van der Waals surface area contributed by atoms with Crippen LogP contribution in [0.4, 0.5) is 13.2 Å². The molecule has 1 fully saturated rings. The molecule has 1 heterocycles. The second-order valence-corrected chi connectivity index (χ2v) is 7.19. The van der Waals surface area contributed by atoms with E-state index in [0.29, 0.717) is 0 Å². The summed E-state index contributed by atoms with van der Waals surface area (Å²) in [4.78, 5) is 22.4. The van der Waals surface area contributed by atoms with E-state index in [0.717, 1.165) is 12.1 Å². The van der Waals surface area contributed by atoms with Crippen LogP contribution in [0.15, 0.2) is 24.3 Å². The van der Waals surface area contributed by atoms with Gasteiger partial charge in [-0.1, -0.05) is 39.0 Å². The average molecular weight is 359 g/mol. The number of nitrogens with zero attached hydrogens (tertiary/aromatic N) is 1. The highest BCUT2D eigenvalue weighted by Crippen LogP contribution is 2.45. The van der Waals surface area contributed by atoms with Crippen LogP contribution in [-0.4, -0.2) is 23.0 Å². The highest BCUT2D eigenvalue weighted by molar-refractivity contribution is 5.73. The Kier molecular flexibility index (Phi) is 4.82. The fourth-order valence-electron chi connectivity index (χ4n) is 3.58. The molecule has 0 aliphatic carbocycles. The van der Waals surface area contributed by atoms with Crippen LogP contribution in [0, 0.1) is 21.4 Å². The van der Waals surface area contributed by atoms with Crippen LogP contribution < -0.4 is 10.4 Å². The largest absolute Gasteiger partial charge is 0.548 e. The topological polar surface area (TPSA) is 95.3 Å². The Morgan fingerprint density at radius 1 is 1.20 bits per heavy atom. The Morgan fingerprint density at radius 3 is 2.20 bits per heavy atom. The molecule has 1 aliphatic heterocycles. The molecule has 0 aromatic heterocycles. The first-order valence-electron chi connectivity index (χ1n) is 7.62. The minimum atomic E-state index is -4.71. The van der Waals surface area contributed by atoms with Gasteiger partial charge < -0.3 is 9.90 Å². The van der Waals surface area contributed by atoms with Crippen LogP contribution >= 0.6 is 0 Å². The lowest BCUT2D eigenvalue weighted by atomic mass is 9.72. The van der Waals surface area contributed by atoms with Gasteiger partial charge in [0.2, 0.25) is 6.04 Å². The van der Waals surface area contributed by atoms with Gasteiger partial charge in [0, 0.05) is 4.92 Å². The van der Waals surface area contributed by atoms with Crippen molar-refractivity contribution in [2.75, 3.05) is 0 Å². The number of carboxylic acid groups (broad SMARTS) is 1. The van der Waals surface area contributed by atoms with Crippen LogP contribution in [-0.2, 0) is 11.0 Å². The minimum absolute atomic E-state index is 0.338. The van der Waals surface area contributed by atoms with E-state index in [2.05, 4.69) is 5.32 Å². The highest BCUT2D eigenvalue weighted by Gasteiger charge is 2.57. The summed E-state index contributed by atoms with van der Waals surface area (Å²) in [6.07, 6.45) is -4.71. The van der Waals surface area contributed by atoms with Gasteiger partial charge in [-0.15, -0.1) is 0 Å². The van der Waals surface area contributed by atoms with Crippen molar-refractivity contribution in [2.24, 2.45) is 11.3 Å². The fourth-order valence-corrected chi connectivity index (χ4v) is 3.58. The maximum atomic E-state index is 13.3. The molecule has 0 saturated carbocycles. The normalized spacial score (nSPS) is 27.3. The summed E-state index contributed by atoms with van der Waals surface area (Å²) in [7, 11) is 0. The predicted octanol–water partition coefficient (Wildman–Crippen LogP) is 1.78. The van der Waals surface area contributed by atoms with E-state index in [1.165, 1.54) is 12.1 Å². The van der Waals surface area contributed by atoms with Gasteiger partial charge in [0.15, 0.2) is 0 Å². The number of rotatable bonds is 3. The van der Waals surface area contributed by atoms with Crippen molar-refractivity contribution >= 4 is 5.97 Å². The maximum Gasteiger partial charge on any atom is 0.416 e. The summed E-state index contributed by atoms with van der Waals surface area (Å²) in [5.41, 5.74) is -2.20. The number of alkyl halides is 3. The van der Waals surface area contributed by atoms with E-state index < -0.39 is 52.1 Å². The first-order valence-corrected chi connectivity index (χ1v) is 7.62. The highest BCUT2D eigenvalue weighted by atomic mass is 19.4. The summed E-state index contributed by atoms with van der Waals surface area (Å²) in [6, 6.07) is 0.121. The second-order valence-electron chi connectivity index (χ2n) is 7.19. The number of nitrogens with one attached hydrogen (secondary N) is 1. The molecule has 0 spiro atoms. The van der Waals surface area contributed by atoms with Crippen LogP contribution in [0.3, 0.4) is 0 Å². The second kappa shape index (κ2) is 6.29. The van der Waals surface area contributed by atoms with Crippen molar-refractivity contribution in [1.82, 2.24) is 5.32 Å². The SMILES string of the molecule is CC(C)(C)C1C(C(=O)[O-])NC(c2ccccc2C(F)(F)F)C1[N+](=O)[O-]. The molecule has 1 N–H and O–H groups in total. The number of carbonyl (C=O) groups excluding carboxylic acids is 1. The van der Waals surface area contributed by atoms with Crippen molar-refractivity contribution < 1.29 is 28.0 Å². The lowest BCUT2D eigenvalue weighted by Gasteiger charge is -2.32. The Morgan fingerprint density at radius 2 is 1.76 bits per heavy atom. The molecule has 0 amide bonds. The number of benzene rings is 1. The Balaban J connectivity index is 2.62. The number of carboxylic acids is 1. The third-order valence-electron chi connectivity index (χ3n) is 4.53. The summed E-state index contributed by atoms with van der Waals surface area (Å²) >= 11 is 0. The number of hydrogen-bond acceptors (Lipinski definition) is 5. The van der Waals surface area contributed by atoms with Gasteiger partial charge in [-0.25, -0.2) is 0 Å². The van der Waals surface area contributed by atoms with Gasteiger partial charge in [0.1, 0.15) is 6.04 Å². The van der Waals surface area contributed by atoms with E-state index in [9.17, 15) is 33.2 Å². The molecular formula is C16H18F3N2O4-. The molecule has 6 nitrogen and oxygen atoms in total. The van der Waals surface area contributed by atoms with E-state index in [4.69, 9.17) is 0 Å². The molecule has 138 valence electrons. The molecule has 9 heteroatoms. The number of carbonyl (C=O) groups is 1. The van der Waals surface area contributed by atoms with E-state index in [-0.39, 0.29) is 5.56 Å². The number of aliphatic carboxylic acids is 1. The van der Waals surface area contributed by atoms with Gasteiger partial charge in [-0.2, -0.15) is 13.2 Å². The monoisotopic (exact) mass is 359 g/mol. The molecule has 1 aromatic carbocycles. The van der Waals surface area contributed by atoms with E-state index in [1.807, 2.05) is 0 Å². The Hall–Kier alpha value is -2.16. The molecule has 2 rings (SSSR count). The summed E-state index contributed by atoms with van der Waals surface area (Å²) < 4.78 is 39.9. The zero-order valence-corrected chi connectivity index (χ0v) is 13.8. The molecule has 0 radical (unpaired) electrons. The predicted molar refractivity (Wildman–Crippen MR) is 79.8 cm³/mol. The molecule has 0 bridgehead atoms. The van der Waals surface area contributed by atoms with E-state index in [1.54, 1.807) is 20.8 Å². The van der Waals surface area contributed by atoms with Gasteiger partial charge >= 0.3 is 6.18 Å². The van der Waals surface area contributed by atoms with Crippen molar-refractivity contribution in [2.45, 2.75) is 45.1 Å². The Bertz CT molecular complexity index is 685. The first-order chi connectivity index (χ1) is 11.4. The van der Waals surface area contributed by atoms with Crippen LogP contribution in [0.1, 0.15) is 37.9 Å². The molecule has 1 aliphatic rings. The van der Waals surface area contributed by atoms with Crippen molar-refractivity contribution in [1.29, 1.82) is 0 Å². The number of hydrogen-bond donors (Lipinski definition) is 1. The standard InChI is InChI=1S/C16H19F3N2O4/c1-15(2,3)10-12(14(22)23)20-11(13(10)21(24)25)8-6-4-5-7-9(8)16(17,18)19/h4-7,10-13,20H,1-3H3,(H,22,23)/p-1. The van der Waals surface area contributed by atoms with Crippen LogP contribution in [0.2, 0.25) is 0 Å². The maximum absolute atomic E-state index is 13.3. The van der Waals surface area contributed by atoms with Gasteiger partial charge in [0.05, 0.1) is 23.5 Å². The van der Waals surface area contributed by atoms with Crippen LogP contribution in [0.25, 0.3) is 0 Å². The molecule has 25 heavy (non-hydrogen) atoms. The number of halogens is 3. The molecular weight excluding hydrogens is 341 g/mol. The Labute approximate surface area is 142 Å².